The van der Waals surface area contributed by atoms with Crippen LogP contribution in [0.5, 0.6) is 5.75 Å². The summed E-state index contributed by atoms with van der Waals surface area (Å²) in [6.45, 7) is 2.88. The van der Waals surface area contributed by atoms with Crippen LogP contribution < -0.4 is 10.5 Å². The molecular formula is C15H23F3N2O. The molecule has 0 aliphatic carbocycles. The molecule has 1 rings (SSSR count). The molecule has 0 aromatic heterocycles. The third kappa shape index (κ3) is 5.21. The summed E-state index contributed by atoms with van der Waals surface area (Å²) < 4.78 is 43.5. The van der Waals surface area contributed by atoms with E-state index in [1.165, 1.54) is 12.0 Å². The number of rotatable bonds is 7. The van der Waals surface area contributed by atoms with E-state index >= 15 is 0 Å². The van der Waals surface area contributed by atoms with Gasteiger partial charge < -0.3 is 10.5 Å². The molecule has 6 heteroatoms. The van der Waals surface area contributed by atoms with Gasteiger partial charge in [-0.3, -0.25) is 4.90 Å². The van der Waals surface area contributed by atoms with E-state index in [0.717, 1.165) is 5.56 Å². The molecule has 120 valence electrons. The zero-order chi connectivity index (χ0) is 16.0. The number of methoxy groups -OCH3 is 1. The number of ether oxygens (including phenoxy) is 1. The molecule has 2 atom stereocenters. The highest BCUT2D eigenvalue weighted by Gasteiger charge is 2.35. The molecule has 0 spiro atoms. The Morgan fingerprint density at radius 2 is 1.95 bits per heavy atom. The van der Waals surface area contributed by atoms with Gasteiger partial charge in [-0.25, -0.2) is 0 Å². The van der Waals surface area contributed by atoms with Crippen LogP contribution in [0.25, 0.3) is 0 Å². The summed E-state index contributed by atoms with van der Waals surface area (Å²) in [5.74, 6) is 0.615. The van der Waals surface area contributed by atoms with Crippen LogP contribution in [0.4, 0.5) is 13.2 Å². The van der Waals surface area contributed by atoms with Crippen LogP contribution in [0, 0.1) is 0 Å². The van der Waals surface area contributed by atoms with Crippen LogP contribution in [0.2, 0.25) is 0 Å². The minimum atomic E-state index is -4.25. The van der Waals surface area contributed by atoms with Crippen molar-refractivity contribution in [3.05, 3.63) is 29.8 Å². The molecule has 0 fully saturated rings. The average Bonchev–Trinajstić information content (AvgIpc) is 2.45. The Morgan fingerprint density at radius 1 is 1.29 bits per heavy atom. The molecule has 0 aliphatic rings. The van der Waals surface area contributed by atoms with Gasteiger partial charge in [-0.2, -0.15) is 13.2 Å². The predicted molar refractivity (Wildman–Crippen MR) is 77.3 cm³/mol. The molecule has 0 radical (unpaired) electrons. The predicted octanol–water partition coefficient (Wildman–Crippen LogP) is 3.36. The van der Waals surface area contributed by atoms with Crippen LogP contribution in [-0.2, 0) is 0 Å². The van der Waals surface area contributed by atoms with E-state index in [2.05, 4.69) is 0 Å². The maximum atomic E-state index is 12.8. The largest absolute Gasteiger partial charge is 0.497 e. The minimum absolute atomic E-state index is 0.273. The van der Waals surface area contributed by atoms with Gasteiger partial charge in [0.2, 0.25) is 0 Å². The summed E-state index contributed by atoms with van der Waals surface area (Å²) in [5, 5.41) is 0. The van der Waals surface area contributed by atoms with Gasteiger partial charge >= 0.3 is 6.18 Å². The number of nitrogens with two attached hydrogens (primary N) is 1. The first-order valence-electron chi connectivity index (χ1n) is 7.02. The lowest BCUT2D eigenvalue weighted by molar-refractivity contribution is -0.151. The molecule has 3 nitrogen and oxygen atoms in total. The normalized spacial score (nSPS) is 15.0. The van der Waals surface area contributed by atoms with Gasteiger partial charge in [0.05, 0.1) is 19.7 Å². The lowest BCUT2D eigenvalue weighted by Crippen LogP contribution is -2.44. The van der Waals surface area contributed by atoms with Gasteiger partial charge in [-0.15, -0.1) is 0 Å². The first kappa shape index (κ1) is 17.8. The second-order valence-corrected chi connectivity index (χ2v) is 4.97. The molecule has 1 aromatic carbocycles. The summed E-state index contributed by atoms with van der Waals surface area (Å²) in [5.41, 5.74) is 6.83. The van der Waals surface area contributed by atoms with Crippen molar-refractivity contribution >= 4 is 0 Å². The van der Waals surface area contributed by atoms with E-state index < -0.39 is 18.8 Å². The Balaban J connectivity index is 3.13. The number of likely N-dealkylation sites (N-methyl/N-ethyl adjacent to an activating group) is 1. The number of benzene rings is 1. The first-order chi connectivity index (χ1) is 9.82. The average molecular weight is 304 g/mol. The Labute approximate surface area is 123 Å². The summed E-state index contributed by atoms with van der Waals surface area (Å²) in [6.07, 6.45) is -3.66. The molecule has 0 saturated heterocycles. The van der Waals surface area contributed by atoms with Crippen molar-refractivity contribution in [1.29, 1.82) is 0 Å². The van der Waals surface area contributed by atoms with Gasteiger partial charge in [0, 0.05) is 6.04 Å². The molecule has 0 aliphatic heterocycles. The molecule has 0 heterocycles. The van der Waals surface area contributed by atoms with E-state index in [1.54, 1.807) is 31.2 Å². The number of halogens is 3. The van der Waals surface area contributed by atoms with Crippen molar-refractivity contribution in [3.8, 4) is 5.75 Å². The highest BCUT2D eigenvalue weighted by molar-refractivity contribution is 5.31. The van der Waals surface area contributed by atoms with Gasteiger partial charge in [-0.1, -0.05) is 26.0 Å². The van der Waals surface area contributed by atoms with Crippen molar-refractivity contribution in [2.24, 2.45) is 5.73 Å². The summed E-state index contributed by atoms with van der Waals surface area (Å²) in [6, 6.07) is 6.21. The van der Waals surface area contributed by atoms with E-state index in [1.807, 2.05) is 6.92 Å². The quantitative estimate of drug-likeness (QED) is 0.839. The summed E-state index contributed by atoms with van der Waals surface area (Å²) in [7, 11) is 1.53. The van der Waals surface area contributed by atoms with Crippen LogP contribution >= 0.6 is 0 Å². The number of hydrogen-bond acceptors (Lipinski definition) is 3. The fourth-order valence-corrected chi connectivity index (χ4v) is 2.41. The van der Waals surface area contributed by atoms with Crippen LogP contribution in [0.1, 0.15) is 31.9 Å². The van der Waals surface area contributed by atoms with Crippen LogP contribution in [0.15, 0.2) is 24.3 Å². The monoisotopic (exact) mass is 304 g/mol. The maximum absolute atomic E-state index is 12.8. The Bertz CT molecular complexity index is 437. The second kappa shape index (κ2) is 7.66. The van der Waals surface area contributed by atoms with Crippen LogP contribution in [-0.4, -0.2) is 37.3 Å². The first-order valence-corrected chi connectivity index (χ1v) is 7.02. The highest BCUT2D eigenvalue weighted by atomic mass is 19.4. The van der Waals surface area contributed by atoms with Gasteiger partial charge in [0.25, 0.3) is 0 Å². The van der Waals surface area contributed by atoms with Crippen molar-refractivity contribution in [3.63, 3.8) is 0 Å². The molecule has 1 aromatic rings. The molecule has 0 bridgehead atoms. The maximum Gasteiger partial charge on any atom is 0.401 e. The van der Waals surface area contributed by atoms with E-state index in [0.29, 0.717) is 12.2 Å². The molecule has 0 saturated carbocycles. The van der Waals surface area contributed by atoms with E-state index in [-0.39, 0.29) is 12.6 Å². The molecule has 0 amide bonds. The van der Waals surface area contributed by atoms with E-state index in [9.17, 15) is 13.2 Å². The molecule has 2 unspecified atom stereocenters. The van der Waals surface area contributed by atoms with Crippen molar-refractivity contribution < 1.29 is 17.9 Å². The zero-order valence-electron chi connectivity index (χ0n) is 12.7. The summed E-state index contributed by atoms with van der Waals surface area (Å²) >= 11 is 0. The van der Waals surface area contributed by atoms with Crippen molar-refractivity contribution in [2.75, 3.05) is 20.2 Å². The van der Waals surface area contributed by atoms with Gasteiger partial charge in [0.15, 0.2) is 0 Å². The van der Waals surface area contributed by atoms with E-state index in [4.69, 9.17) is 10.5 Å². The number of alkyl halides is 3. The number of nitrogens with zero attached hydrogens (tertiary/aromatic N) is 1. The minimum Gasteiger partial charge on any atom is -0.497 e. The highest BCUT2D eigenvalue weighted by Crippen LogP contribution is 2.30. The smallest absolute Gasteiger partial charge is 0.401 e. The second-order valence-electron chi connectivity index (χ2n) is 4.97. The van der Waals surface area contributed by atoms with Crippen molar-refractivity contribution in [2.45, 2.75) is 38.5 Å². The Hall–Kier alpha value is -1.27. The fraction of sp³-hybridized carbons (Fsp3) is 0.600. The van der Waals surface area contributed by atoms with Crippen LogP contribution in [0.3, 0.4) is 0 Å². The third-order valence-corrected chi connectivity index (χ3v) is 3.49. The lowest BCUT2D eigenvalue weighted by Gasteiger charge is -2.35. The summed E-state index contributed by atoms with van der Waals surface area (Å²) in [4.78, 5) is 1.36. The SMILES string of the molecule is CCC(N)C(c1cccc(OC)c1)N(CC)CC(F)(F)F. The topological polar surface area (TPSA) is 38.5 Å². The fourth-order valence-electron chi connectivity index (χ4n) is 2.41. The Morgan fingerprint density at radius 3 is 2.43 bits per heavy atom. The molecule has 2 N–H and O–H groups in total. The number of hydrogen-bond donors (Lipinski definition) is 1. The lowest BCUT2D eigenvalue weighted by atomic mass is 9.96. The molecular weight excluding hydrogens is 281 g/mol. The Kier molecular flexibility index (Phi) is 6.48. The standard InChI is InChI=1S/C15H23F3N2O/c1-4-13(19)14(20(5-2)10-15(16,17)18)11-7-6-8-12(9-11)21-3/h6-9,13-14H,4-5,10,19H2,1-3H3. The molecule has 21 heavy (non-hydrogen) atoms. The third-order valence-electron chi connectivity index (χ3n) is 3.49. The van der Waals surface area contributed by atoms with Gasteiger partial charge in [0.1, 0.15) is 5.75 Å². The van der Waals surface area contributed by atoms with Gasteiger partial charge in [-0.05, 0) is 30.7 Å². The zero-order valence-corrected chi connectivity index (χ0v) is 12.7. The van der Waals surface area contributed by atoms with Crippen molar-refractivity contribution in [1.82, 2.24) is 4.90 Å².